The number of ether oxygens (including phenoxy) is 1. The van der Waals surface area contributed by atoms with E-state index in [9.17, 15) is 5.11 Å². The number of hydrogen-bond acceptors (Lipinski definition) is 6. The van der Waals surface area contributed by atoms with Crippen LogP contribution in [-0.4, -0.2) is 60.5 Å². The highest BCUT2D eigenvalue weighted by molar-refractivity contribution is 7.09. The van der Waals surface area contributed by atoms with Gasteiger partial charge >= 0.3 is 0 Å². The number of nitrogens with zero attached hydrogens (tertiary/aromatic N) is 2. The zero-order valence-electron chi connectivity index (χ0n) is 12.3. The van der Waals surface area contributed by atoms with Gasteiger partial charge in [0.05, 0.1) is 24.9 Å². The number of rotatable bonds is 7. The third kappa shape index (κ3) is 4.23. The van der Waals surface area contributed by atoms with Crippen LogP contribution in [0.15, 0.2) is 11.6 Å². The molecule has 0 aliphatic carbocycles. The maximum absolute atomic E-state index is 10.2. The summed E-state index contributed by atoms with van der Waals surface area (Å²) in [6, 6.07) is 0. The summed E-state index contributed by atoms with van der Waals surface area (Å²) >= 11 is 1.66. The first-order valence-electron chi connectivity index (χ1n) is 7.27. The molecule has 2 rings (SSSR count). The van der Waals surface area contributed by atoms with E-state index in [2.05, 4.69) is 29.0 Å². The smallest absolute Gasteiger partial charge is 0.112 e. The van der Waals surface area contributed by atoms with Gasteiger partial charge in [0, 0.05) is 37.8 Å². The van der Waals surface area contributed by atoms with Gasteiger partial charge in [-0.05, 0) is 13.3 Å². The van der Waals surface area contributed by atoms with Crippen molar-refractivity contribution in [3.05, 3.63) is 16.6 Å². The number of morpholine rings is 1. The number of aliphatic hydroxyl groups is 1. The minimum atomic E-state index is -0.362. The fraction of sp³-hybridized carbons (Fsp3) is 0.786. The molecule has 0 saturated carbocycles. The fourth-order valence-corrected chi connectivity index (χ4v) is 3.19. The van der Waals surface area contributed by atoms with Crippen LogP contribution in [0, 0.1) is 0 Å². The number of hydrogen-bond donors (Lipinski definition) is 2. The van der Waals surface area contributed by atoms with Crippen LogP contribution in [-0.2, 0) is 10.3 Å². The van der Waals surface area contributed by atoms with Crippen LogP contribution in [0.1, 0.15) is 25.3 Å². The monoisotopic (exact) mass is 299 g/mol. The molecule has 5 nitrogen and oxygen atoms in total. The summed E-state index contributed by atoms with van der Waals surface area (Å²) in [5.41, 5.74) is -0.153. The maximum atomic E-state index is 10.2. The Morgan fingerprint density at radius 2 is 2.30 bits per heavy atom. The SMILES string of the molecule is CCC(C)(NCC(O)CN1CCOCC1)c1nccs1. The molecule has 1 saturated heterocycles. The largest absolute Gasteiger partial charge is 0.390 e. The lowest BCUT2D eigenvalue weighted by Gasteiger charge is -2.32. The van der Waals surface area contributed by atoms with E-state index in [0.29, 0.717) is 13.1 Å². The van der Waals surface area contributed by atoms with Crippen molar-refractivity contribution in [2.45, 2.75) is 31.9 Å². The quantitative estimate of drug-likeness (QED) is 0.788. The Hall–Kier alpha value is -0.530. The van der Waals surface area contributed by atoms with Crippen molar-refractivity contribution in [2.24, 2.45) is 0 Å². The van der Waals surface area contributed by atoms with Crippen LogP contribution in [0.2, 0.25) is 0 Å². The van der Waals surface area contributed by atoms with Gasteiger partial charge in [-0.2, -0.15) is 0 Å². The highest BCUT2D eigenvalue weighted by atomic mass is 32.1. The Bertz CT molecular complexity index is 382. The van der Waals surface area contributed by atoms with Gasteiger partial charge in [-0.25, -0.2) is 4.98 Å². The summed E-state index contributed by atoms with van der Waals surface area (Å²) in [6.45, 7) is 8.94. The molecule has 0 aromatic carbocycles. The zero-order chi connectivity index (χ0) is 14.4. The van der Waals surface area contributed by atoms with Crippen molar-refractivity contribution in [3.63, 3.8) is 0 Å². The topological polar surface area (TPSA) is 57.6 Å². The van der Waals surface area contributed by atoms with E-state index in [1.165, 1.54) is 0 Å². The van der Waals surface area contributed by atoms with E-state index in [4.69, 9.17) is 4.74 Å². The molecule has 2 N–H and O–H groups in total. The molecule has 2 unspecified atom stereocenters. The number of thiazole rings is 1. The molecular formula is C14H25N3O2S. The molecule has 0 spiro atoms. The van der Waals surface area contributed by atoms with Crippen molar-refractivity contribution in [2.75, 3.05) is 39.4 Å². The molecule has 114 valence electrons. The van der Waals surface area contributed by atoms with Crippen LogP contribution in [0.4, 0.5) is 0 Å². The number of aromatic nitrogens is 1. The van der Waals surface area contributed by atoms with Gasteiger partial charge in [-0.1, -0.05) is 6.92 Å². The number of nitrogens with one attached hydrogen (secondary N) is 1. The van der Waals surface area contributed by atoms with Crippen molar-refractivity contribution in [1.82, 2.24) is 15.2 Å². The highest BCUT2D eigenvalue weighted by Crippen LogP contribution is 2.26. The Morgan fingerprint density at radius 3 is 2.90 bits per heavy atom. The minimum Gasteiger partial charge on any atom is -0.390 e. The molecule has 0 bridgehead atoms. The summed E-state index contributed by atoms with van der Waals surface area (Å²) in [4.78, 5) is 6.65. The summed E-state index contributed by atoms with van der Waals surface area (Å²) < 4.78 is 5.32. The van der Waals surface area contributed by atoms with Crippen molar-refractivity contribution >= 4 is 11.3 Å². The predicted octanol–water partition coefficient (Wildman–Crippen LogP) is 1.05. The van der Waals surface area contributed by atoms with Crippen molar-refractivity contribution in [1.29, 1.82) is 0 Å². The van der Waals surface area contributed by atoms with E-state index >= 15 is 0 Å². The molecule has 2 atom stereocenters. The molecule has 1 aromatic heterocycles. The van der Waals surface area contributed by atoms with Crippen LogP contribution >= 0.6 is 11.3 Å². The first-order chi connectivity index (χ1) is 9.64. The van der Waals surface area contributed by atoms with Crippen LogP contribution in [0.3, 0.4) is 0 Å². The Balaban J connectivity index is 1.80. The maximum Gasteiger partial charge on any atom is 0.112 e. The highest BCUT2D eigenvalue weighted by Gasteiger charge is 2.27. The third-order valence-corrected chi connectivity index (χ3v) is 4.95. The molecule has 2 heterocycles. The van der Waals surface area contributed by atoms with Crippen molar-refractivity contribution in [3.8, 4) is 0 Å². The molecule has 6 heteroatoms. The Morgan fingerprint density at radius 1 is 1.55 bits per heavy atom. The summed E-state index contributed by atoms with van der Waals surface area (Å²) in [7, 11) is 0. The van der Waals surface area contributed by atoms with E-state index in [1.54, 1.807) is 11.3 Å². The molecule has 1 aromatic rings. The molecular weight excluding hydrogens is 274 g/mol. The van der Waals surface area contributed by atoms with Gasteiger partial charge in [-0.3, -0.25) is 4.90 Å². The fourth-order valence-electron chi connectivity index (χ4n) is 2.34. The lowest BCUT2D eigenvalue weighted by molar-refractivity contribution is 0.0134. The van der Waals surface area contributed by atoms with Crippen LogP contribution in [0.5, 0.6) is 0 Å². The predicted molar refractivity (Wildman–Crippen MR) is 81.0 cm³/mol. The molecule has 1 aliphatic rings. The first kappa shape index (κ1) is 15.9. The van der Waals surface area contributed by atoms with E-state index in [0.717, 1.165) is 37.7 Å². The second-order valence-corrected chi connectivity index (χ2v) is 6.37. The normalized spacial score (nSPS) is 21.6. The van der Waals surface area contributed by atoms with E-state index < -0.39 is 0 Å². The van der Waals surface area contributed by atoms with Crippen LogP contribution < -0.4 is 5.32 Å². The van der Waals surface area contributed by atoms with Crippen molar-refractivity contribution < 1.29 is 9.84 Å². The van der Waals surface area contributed by atoms with Gasteiger partial charge in [-0.15, -0.1) is 11.3 Å². The molecule has 1 aliphatic heterocycles. The Kier molecular flexibility index (Phi) is 5.92. The molecule has 0 radical (unpaired) electrons. The van der Waals surface area contributed by atoms with Gasteiger partial charge < -0.3 is 15.2 Å². The second-order valence-electron chi connectivity index (χ2n) is 5.47. The van der Waals surface area contributed by atoms with Gasteiger partial charge in [0.2, 0.25) is 0 Å². The van der Waals surface area contributed by atoms with Gasteiger partial charge in [0.25, 0.3) is 0 Å². The van der Waals surface area contributed by atoms with Crippen LogP contribution in [0.25, 0.3) is 0 Å². The summed E-state index contributed by atoms with van der Waals surface area (Å²) in [6.07, 6.45) is 2.42. The minimum absolute atomic E-state index is 0.153. The Labute approximate surface area is 125 Å². The lowest BCUT2D eigenvalue weighted by Crippen LogP contribution is -2.47. The number of β-amino-alcohol motifs (C(OH)–C–C–N with tert-alkyl or cyclic N) is 1. The third-order valence-electron chi connectivity index (χ3n) is 3.91. The second kappa shape index (κ2) is 7.47. The first-order valence-corrected chi connectivity index (χ1v) is 8.15. The van der Waals surface area contributed by atoms with Gasteiger partial charge in [0.1, 0.15) is 5.01 Å². The van der Waals surface area contributed by atoms with E-state index in [-0.39, 0.29) is 11.6 Å². The molecule has 20 heavy (non-hydrogen) atoms. The average molecular weight is 299 g/mol. The standard InChI is InChI=1S/C14H25N3O2S/c1-3-14(2,13-15-4-9-20-13)16-10-12(18)11-17-5-7-19-8-6-17/h4,9,12,16,18H,3,5-8,10-11H2,1-2H3. The summed E-state index contributed by atoms with van der Waals surface area (Å²) in [5, 5.41) is 16.8. The zero-order valence-corrected chi connectivity index (χ0v) is 13.2. The number of aliphatic hydroxyl groups excluding tert-OH is 1. The lowest BCUT2D eigenvalue weighted by atomic mass is 9.99. The van der Waals surface area contributed by atoms with E-state index in [1.807, 2.05) is 11.6 Å². The molecule has 1 fully saturated rings. The summed E-state index contributed by atoms with van der Waals surface area (Å²) in [5.74, 6) is 0. The molecule has 0 amide bonds. The average Bonchev–Trinajstić information content (AvgIpc) is 3.01. The van der Waals surface area contributed by atoms with Gasteiger partial charge in [0.15, 0.2) is 0 Å².